The van der Waals surface area contributed by atoms with E-state index in [1.807, 2.05) is 0 Å². The molecule has 0 N–H and O–H groups in total. The average molecular weight is 433 g/mol. The minimum atomic E-state index is -1.91. The van der Waals surface area contributed by atoms with Gasteiger partial charge in [0.15, 0.2) is 12.2 Å². The molecule has 0 aliphatic rings. The topological polar surface area (TPSA) is 105 Å². The fourth-order valence-corrected chi connectivity index (χ4v) is 4.64. The highest BCUT2D eigenvalue weighted by Crippen LogP contribution is 2.18. The van der Waals surface area contributed by atoms with Crippen molar-refractivity contribution in [3.8, 4) is 0 Å². The summed E-state index contributed by atoms with van der Waals surface area (Å²) in [6.45, 7) is 32.8. The van der Waals surface area contributed by atoms with E-state index in [-0.39, 0.29) is 0 Å². The van der Waals surface area contributed by atoms with E-state index in [1.54, 1.807) is 0 Å². The maximum absolute atomic E-state index is 9.24. The fraction of sp³-hybridized carbons (Fsp3) is 0.909. The molecule has 0 saturated heterocycles. The molecular formula is C22H48N4O4. The lowest BCUT2D eigenvalue weighted by Gasteiger charge is -2.44. The first-order valence-corrected chi connectivity index (χ1v) is 11.2. The van der Waals surface area contributed by atoms with Gasteiger partial charge in [0, 0.05) is 0 Å². The highest BCUT2D eigenvalue weighted by atomic mass is 16.4. The van der Waals surface area contributed by atoms with Gasteiger partial charge in [0.1, 0.15) is 0 Å². The number of azo groups is 1. The van der Waals surface area contributed by atoms with Gasteiger partial charge >= 0.3 is 0 Å². The Morgan fingerprint density at radius 1 is 0.567 bits per heavy atom. The van der Waals surface area contributed by atoms with Crippen molar-refractivity contribution in [1.82, 2.24) is 0 Å². The van der Waals surface area contributed by atoms with Crippen molar-refractivity contribution in [2.24, 2.45) is 10.2 Å². The zero-order valence-corrected chi connectivity index (χ0v) is 21.6. The van der Waals surface area contributed by atoms with Gasteiger partial charge in [-0.05, 0) is 83.1 Å². The van der Waals surface area contributed by atoms with Crippen molar-refractivity contribution in [3.05, 3.63) is 0 Å². The van der Waals surface area contributed by atoms with Gasteiger partial charge in [-0.1, -0.05) is 0 Å². The van der Waals surface area contributed by atoms with Crippen LogP contribution in [0.4, 0.5) is 9.59 Å². The maximum atomic E-state index is 9.24. The normalized spacial score (nSPS) is 12.1. The highest BCUT2D eigenvalue weighted by molar-refractivity contribution is 5.67. The number of carboxylic acid groups (broad SMARTS) is 2. The molecule has 0 spiro atoms. The van der Waals surface area contributed by atoms with Crippen LogP contribution < -0.4 is 10.2 Å². The molecule has 0 bridgehead atoms. The number of carbonyl (C=O) groups excluding carboxylic acids is 2. The third kappa shape index (κ3) is 11.0. The maximum Gasteiger partial charge on any atom is 0.185 e. The molecule has 0 fully saturated rings. The lowest BCUT2D eigenvalue weighted by atomic mass is 10.1. The number of quaternary nitrogens is 2. The molecule has 0 unspecified atom stereocenters. The molecule has 0 aliphatic carbocycles. The first kappa shape index (κ1) is 33.1. The van der Waals surface area contributed by atoms with Crippen LogP contribution in [-0.4, -0.2) is 71.5 Å². The zero-order chi connectivity index (χ0) is 24.7. The van der Waals surface area contributed by atoms with Gasteiger partial charge in [0.25, 0.3) is 0 Å². The summed E-state index contributed by atoms with van der Waals surface area (Å²) >= 11 is 0. The van der Waals surface area contributed by atoms with Gasteiger partial charge in [0.2, 0.25) is 0 Å². The summed E-state index contributed by atoms with van der Waals surface area (Å²) in [6, 6.07) is 3.02. The average Bonchev–Trinajstić information content (AvgIpc) is 2.63. The Balaban J connectivity index is -0.000000370. The van der Waals surface area contributed by atoms with Crippen molar-refractivity contribution in [1.29, 1.82) is 0 Å². The number of rotatable bonds is 8. The molecule has 8 heteroatoms. The second-order valence-electron chi connectivity index (χ2n) is 8.58. The lowest BCUT2D eigenvalue weighted by Crippen LogP contribution is -2.57. The van der Waals surface area contributed by atoms with E-state index in [0.717, 1.165) is 24.2 Å². The van der Waals surface area contributed by atoms with E-state index in [2.05, 4.69) is 93.3 Å². The molecule has 0 aromatic rings. The number of hydrogen-bond acceptors (Lipinski definition) is 4. The largest absolute Gasteiger partial charge is 0.527 e. The standard InChI is InChI=1S/2C10H24N.C2H2N2O4/c2*1-7-11(8-2,9(3)4)10(5)6;5-1(6)3-4-2(7)8/h2*9-10H,7-8H2,1-6H3;(H,5,6)(H,7,8)/q2*+1;/p-2. The molecule has 180 valence electrons. The molecule has 0 rings (SSSR count). The third-order valence-electron chi connectivity index (χ3n) is 6.68. The van der Waals surface area contributed by atoms with Crippen molar-refractivity contribution in [3.63, 3.8) is 0 Å². The third-order valence-corrected chi connectivity index (χ3v) is 6.68. The Morgan fingerprint density at radius 3 is 0.767 bits per heavy atom. The number of carbonyl (C=O) groups is 2. The smallest absolute Gasteiger partial charge is 0.185 e. The summed E-state index contributed by atoms with van der Waals surface area (Å²) in [7, 11) is 0. The van der Waals surface area contributed by atoms with Gasteiger partial charge in [-0.25, -0.2) is 0 Å². The van der Waals surface area contributed by atoms with E-state index >= 15 is 0 Å². The quantitative estimate of drug-likeness (QED) is 0.432. The molecule has 8 nitrogen and oxygen atoms in total. The van der Waals surface area contributed by atoms with Crippen molar-refractivity contribution >= 4 is 12.2 Å². The molecule has 0 aliphatic heterocycles. The van der Waals surface area contributed by atoms with Crippen LogP contribution in [0, 0.1) is 0 Å². The zero-order valence-electron chi connectivity index (χ0n) is 21.6. The Morgan fingerprint density at radius 2 is 0.733 bits per heavy atom. The SMILES string of the molecule is CC[N+](CC)(C(C)C)C(C)C.CC[N+](CC)(C(C)C)C(C)C.O=C([O-])N=NC(=O)[O-]. The molecule has 0 aromatic heterocycles. The van der Waals surface area contributed by atoms with E-state index in [4.69, 9.17) is 0 Å². The predicted molar refractivity (Wildman–Crippen MR) is 119 cm³/mol. The van der Waals surface area contributed by atoms with Crippen molar-refractivity contribution in [2.75, 3.05) is 26.2 Å². The van der Waals surface area contributed by atoms with Crippen LogP contribution in [0.25, 0.3) is 0 Å². The van der Waals surface area contributed by atoms with E-state index in [9.17, 15) is 19.8 Å². The Hall–Kier alpha value is -1.54. The van der Waals surface area contributed by atoms with Crippen LogP contribution in [0.1, 0.15) is 83.1 Å². The van der Waals surface area contributed by atoms with Crippen LogP contribution in [-0.2, 0) is 0 Å². The summed E-state index contributed by atoms with van der Waals surface area (Å²) in [5.74, 6) is 0. The van der Waals surface area contributed by atoms with Gasteiger partial charge in [0.05, 0.1) is 50.3 Å². The minimum absolute atomic E-state index is 0.755. The minimum Gasteiger partial charge on any atom is -0.527 e. The molecule has 0 radical (unpaired) electrons. The second kappa shape index (κ2) is 16.2. The molecular weight excluding hydrogens is 384 g/mol. The Kier molecular flexibility index (Phi) is 17.9. The summed E-state index contributed by atoms with van der Waals surface area (Å²) in [5.41, 5.74) is 0. The predicted octanol–water partition coefficient (Wildman–Crippen LogP) is 3.44. The molecule has 30 heavy (non-hydrogen) atoms. The monoisotopic (exact) mass is 432 g/mol. The highest BCUT2D eigenvalue weighted by Gasteiger charge is 2.31. The molecule has 0 heterocycles. The van der Waals surface area contributed by atoms with Crippen LogP contribution in [0.2, 0.25) is 0 Å². The summed E-state index contributed by atoms with van der Waals surface area (Å²) in [6.07, 6.45) is -3.82. The first-order valence-electron chi connectivity index (χ1n) is 11.2. The molecule has 0 aromatic carbocycles. The summed E-state index contributed by atoms with van der Waals surface area (Å²) in [5, 5.41) is 22.7. The number of hydrogen-bond donors (Lipinski definition) is 0. The van der Waals surface area contributed by atoms with Gasteiger partial charge in [-0.15, -0.1) is 10.2 Å². The Bertz CT molecular complexity index is 431. The van der Waals surface area contributed by atoms with E-state index in [0.29, 0.717) is 0 Å². The second-order valence-corrected chi connectivity index (χ2v) is 8.58. The van der Waals surface area contributed by atoms with Crippen molar-refractivity contribution in [2.45, 2.75) is 107 Å². The number of amides is 2. The lowest BCUT2D eigenvalue weighted by molar-refractivity contribution is -0.963. The van der Waals surface area contributed by atoms with Crippen LogP contribution in [0.15, 0.2) is 10.2 Å². The van der Waals surface area contributed by atoms with E-state index in [1.165, 1.54) is 35.1 Å². The summed E-state index contributed by atoms with van der Waals surface area (Å²) in [4.78, 5) is 18.5. The first-order chi connectivity index (χ1) is 13.6. The molecule has 0 saturated carbocycles. The van der Waals surface area contributed by atoms with Crippen LogP contribution >= 0.6 is 0 Å². The summed E-state index contributed by atoms with van der Waals surface area (Å²) < 4.78 is 2.50. The Labute approximate surface area is 185 Å². The van der Waals surface area contributed by atoms with Crippen LogP contribution in [0.3, 0.4) is 0 Å². The molecule has 2 amide bonds. The molecule has 0 atom stereocenters. The fourth-order valence-electron chi connectivity index (χ4n) is 4.64. The van der Waals surface area contributed by atoms with Gasteiger partial charge < -0.3 is 28.8 Å². The van der Waals surface area contributed by atoms with Crippen LogP contribution in [0.5, 0.6) is 0 Å². The van der Waals surface area contributed by atoms with Gasteiger partial charge in [-0.3, -0.25) is 0 Å². The van der Waals surface area contributed by atoms with E-state index < -0.39 is 12.2 Å². The van der Waals surface area contributed by atoms with Crippen molar-refractivity contribution < 1.29 is 28.8 Å². The number of nitrogens with zero attached hydrogens (tertiary/aromatic N) is 4. The van der Waals surface area contributed by atoms with Gasteiger partial charge in [-0.2, -0.15) is 0 Å².